The lowest BCUT2D eigenvalue weighted by Crippen LogP contribution is -2.40. The molecule has 1 saturated heterocycles. The molecule has 5 heteroatoms. The minimum Gasteiger partial charge on any atom is -0.357 e. The molecule has 3 nitrogen and oxygen atoms in total. The van der Waals surface area contributed by atoms with Gasteiger partial charge >= 0.3 is 0 Å². The molecule has 0 aromatic rings. The summed E-state index contributed by atoms with van der Waals surface area (Å²) >= 11 is 2.11. The molecule has 0 radical (unpaired) electrons. The molecule has 0 aromatic heterocycles. The Labute approximate surface area is 144 Å². The van der Waals surface area contributed by atoms with E-state index in [0.29, 0.717) is 5.41 Å². The van der Waals surface area contributed by atoms with Crippen molar-refractivity contribution in [3.8, 4) is 0 Å². The van der Waals surface area contributed by atoms with E-state index in [1.54, 1.807) is 0 Å². The van der Waals surface area contributed by atoms with Crippen molar-refractivity contribution in [2.75, 3.05) is 25.4 Å². The molecule has 1 heterocycles. The Morgan fingerprint density at radius 1 is 1.25 bits per heavy atom. The summed E-state index contributed by atoms with van der Waals surface area (Å²) in [6, 6.07) is 0. The number of aliphatic imine (C=N–C) groups is 1. The maximum absolute atomic E-state index is 4.86. The van der Waals surface area contributed by atoms with Crippen molar-refractivity contribution in [1.29, 1.82) is 0 Å². The van der Waals surface area contributed by atoms with Crippen LogP contribution < -0.4 is 10.6 Å². The molecular weight excluding hydrogens is 381 g/mol. The summed E-state index contributed by atoms with van der Waals surface area (Å²) in [7, 11) is 0. The zero-order valence-electron chi connectivity index (χ0n) is 12.5. The molecule has 0 aromatic carbocycles. The number of halogens is 1. The maximum atomic E-state index is 4.86. The van der Waals surface area contributed by atoms with Gasteiger partial charge in [-0.25, -0.2) is 0 Å². The van der Waals surface area contributed by atoms with Crippen LogP contribution in [0.5, 0.6) is 0 Å². The third-order valence-electron chi connectivity index (χ3n) is 4.75. The van der Waals surface area contributed by atoms with Gasteiger partial charge in [-0.05, 0) is 62.5 Å². The second kappa shape index (κ2) is 7.56. The fraction of sp³-hybridized carbons (Fsp3) is 0.933. The van der Waals surface area contributed by atoms with E-state index < -0.39 is 0 Å². The molecule has 3 fully saturated rings. The van der Waals surface area contributed by atoms with Crippen molar-refractivity contribution >= 4 is 41.7 Å². The Kier molecular flexibility index (Phi) is 6.32. The average molecular weight is 409 g/mol. The molecular formula is C15H28IN3S. The molecule has 20 heavy (non-hydrogen) atoms. The highest BCUT2D eigenvalue weighted by molar-refractivity contribution is 14.0. The number of hydrogen-bond donors (Lipinski definition) is 2. The molecule has 116 valence electrons. The zero-order chi connectivity index (χ0) is 13.1. The van der Waals surface area contributed by atoms with Crippen LogP contribution in [-0.2, 0) is 0 Å². The van der Waals surface area contributed by atoms with Crippen LogP contribution in [0.1, 0.15) is 45.4 Å². The van der Waals surface area contributed by atoms with Gasteiger partial charge in [-0.3, -0.25) is 4.99 Å². The molecule has 1 aliphatic heterocycles. The van der Waals surface area contributed by atoms with Gasteiger partial charge in [-0.2, -0.15) is 11.8 Å². The van der Waals surface area contributed by atoms with E-state index in [2.05, 4.69) is 29.3 Å². The van der Waals surface area contributed by atoms with Crippen LogP contribution in [0.25, 0.3) is 0 Å². The van der Waals surface area contributed by atoms with Crippen molar-refractivity contribution in [2.24, 2.45) is 16.3 Å². The first-order valence-corrected chi connectivity index (χ1v) is 9.01. The number of nitrogens with zero attached hydrogens (tertiary/aromatic N) is 1. The normalized spacial score (nSPS) is 27.9. The van der Waals surface area contributed by atoms with Gasteiger partial charge in [-0.1, -0.05) is 0 Å². The quantitative estimate of drug-likeness (QED) is 0.402. The van der Waals surface area contributed by atoms with Crippen molar-refractivity contribution in [3.63, 3.8) is 0 Å². The third kappa shape index (κ3) is 4.42. The van der Waals surface area contributed by atoms with Crippen molar-refractivity contribution in [1.82, 2.24) is 10.6 Å². The van der Waals surface area contributed by atoms with Gasteiger partial charge < -0.3 is 10.6 Å². The Balaban J connectivity index is 0.00000147. The van der Waals surface area contributed by atoms with E-state index in [1.165, 1.54) is 44.3 Å². The van der Waals surface area contributed by atoms with Crippen LogP contribution >= 0.6 is 35.7 Å². The fourth-order valence-electron chi connectivity index (χ4n) is 3.15. The van der Waals surface area contributed by atoms with E-state index in [0.717, 1.165) is 36.8 Å². The van der Waals surface area contributed by atoms with Gasteiger partial charge in [0, 0.05) is 24.9 Å². The third-order valence-corrected chi connectivity index (χ3v) is 6.15. The second-order valence-corrected chi connectivity index (χ2v) is 7.76. The number of thioether (sulfide) groups is 1. The molecule has 1 unspecified atom stereocenters. The first-order valence-electron chi connectivity index (χ1n) is 7.96. The largest absolute Gasteiger partial charge is 0.357 e. The SMILES string of the molecule is CCNC(=NCC1(C2CC2)CC1)NCC1CCCS1.I. The first kappa shape index (κ1) is 16.7. The summed E-state index contributed by atoms with van der Waals surface area (Å²) in [5.41, 5.74) is 0.616. The van der Waals surface area contributed by atoms with Gasteiger partial charge in [0.05, 0.1) is 0 Å². The monoisotopic (exact) mass is 409 g/mol. The summed E-state index contributed by atoms with van der Waals surface area (Å²) in [5.74, 6) is 3.39. The molecule has 3 rings (SSSR count). The molecule has 2 aliphatic carbocycles. The summed E-state index contributed by atoms with van der Waals surface area (Å²) in [4.78, 5) is 4.86. The highest BCUT2D eigenvalue weighted by Crippen LogP contribution is 2.61. The fourth-order valence-corrected chi connectivity index (χ4v) is 4.35. The van der Waals surface area contributed by atoms with Crippen LogP contribution in [0.3, 0.4) is 0 Å². The topological polar surface area (TPSA) is 36.4 Å². The van der Waals surface area contributed by atoms with E-state index in [1.807, 2.05) is 0 Å². The van der Waals surface area contributed by atoms with Gasteiger partial charge in [-0.15, -0.1) is 24.0 Å². The van der Waals surface area contributed by atoms with Crippen LogP contribution in [0.15, 0.2) is 4.99 Å². The standard InChI is InChI=1S/C15H27N3S.HI/c1-2-16-14(17-10-13-4-3-9-19-13)18-11-15(7-8-15)12-5-6-12;/h12-13H,2-11H2,1H3,(H2,16,17,18);1H. The van der Waals surface area contributed by atoms with Gasteiger partial charge in [0.15, 0.2) is 5.96 Å². The van der Waals surface area contributed by atoms with Crippen LogP contribution in [0.2, 0.25) is 0 Å². The lowest BCUT2D eigenvalue weighted by molar-refractivity contribution is 0.452. The number of rotatable bonds is 6. The van der Waals surface area contributed by atoms with Crippen molar-refractivity contribution < 1.29 is 0 Å². The van der Waals surface area contributed by atoms with E-state index in [-0.39, 0.29) is 24.0 Å². The highest BCUT2D eigenvalue weighted by Gasteiger charge is 2.53. The average Bonchev–Trinajstić information content (AvgIpc) is 3.32. The van der Waals surface area contributed by atoms with Gasteiger partial charge in [0.25, 0.3) is 0 Å². The summed E-state index contributed by atoms with van der Waals surface area (Å²) < 4.78 is 0. The molecule has 2 N–H and O–H groups in total. The minimum atomic E-state index is 0. The predicted octanol–water partition coefficient (Wildman–Crippen LogP) is 3.25. The molecule has 2 saturated carbocycles. The second-order valence-electron chi connectivity index (χ2n) is 6.35. The van der Waals surface area contributed by atoms with Crippen molar-refractivity contribution in [2.45, 2.75) is 50.7 Å². The van der Waals surface area contributed by atoms with Gasteiger partial charge in [0.1, 0.15) is 0 Å². The van der Waals surface area contributed by atoms with Crippen LogP contribution in [0.4, 0.5) is 0 Å². The Morgan fingerprint density at radius 3 is 2.60 bits per heavy atom. The highest BCUT2D eigenvalue weighted by atomic mass is 127. The Bertz CT molecular complexity index is 334. The number of nitrogens with one attached hydrogen (secondary N) is 2. The smallest absolute Gasteiger partial charge is 0.191 e. The molecule has 0 amide bonds. The molecule has 1 atom stereocenters. The summed E-state index contributed by atoms with van der Waals surface area (Å²) in [6.45, 7) is 5.23. The number of guanidine groups is 1. The molecule has 0 bridgehead atoms. The minimum absolute atomic E-state index is 0. The number of hydrogen-bond acceptors (Lipinski definition) is 2. The first-order chi connectivity index (χ1) is 9.32. The molecule has 3 aliphatic rings. The van der Waals surface area contributed by atoms with Gasteiger partial charge in [0.2, 0.25) is 0 Å². The van der Waals surface area contributed by atoms with Crippen LogP contribution in [0, 0.1) is 11.3 Å². The van der Waals surface area contributed by atoms with Crippen molar-refractivity contribution in [3.05, 3.63) is 0 Å². The van der Waals surface area contributed by atoms with E-state index in [9.17, 15) is 0 Å². The lowest BCUT2D eigenvalue weighted by atomic mass is 10.0. The van der Waals surface area contributed by atoms with Crippen LogP contribution in [-0.4, -0.2) is 36.6 Å². The maximum Gasteiger partial charge on any atom is 0.191 e. The predicted molar refractivity (Wildman–Crippen MR) is 99.3 cm³/mol. The Morgan fingerprint density at radius 2 is 2.05 bits per heavy atom. The van der Waals surface area contributed by atoms with E-state index in [4.69, 9.17) is 4.99 Å². The summed E-state index contributed by atoms with van der Waals surface area (Å²) in [6.07, 6.45) is 8.49. The lowest BCUT2D eigenvalue weighted by Gasteiger charge is -2.16. The van der Waals surface area contributed by atoms with E-state index >= 15 is 0 Å². The molecule has 0 spiro atoms. The summed E-state index contributed by atoms with van der Waals surface area (Å²) in [5, 5.41) is 7.73. The Hall–Kier alpha value is 0.350. The zero-order valence-corrected chi connectivity index (χ0v) is 15.6.